The van der Waals surface area contributed by atoms with Crippen molar-refractivity contribution in [1.82, 2.24) is 24.8 Å². The minimum atomic E-state index is -0.657. The lowest BCUT2D eigenvalue weighted by atomic mass is 10.1. The van der Waals surface area contributed by atoms with E-state index in [2.05, 4.69) is 10.1 Å². The molecular weight excluding hydrogens is 346 g/mol. The van der Waals surface area contributed by atoms with Gasteiger partial charge in [0.15, 0.2) is 0 Å². The number of carbonyl (C=O) groups is 1. The number of hydrogen-bond acceptors (Lipinski definition) is 5. The van der Waals surface area contributed by atoms with E-state index in [9.17, 15) is 9.59 Å². The second-order valence-corrected chi connectivity index (χ2v) is 6.00. The Morgan fingerprint density at radius 3 is 2.63 bits per heavy atom. The minimum Gasteiger partial charge on any atom is -0.311 e. The van der Waals surface area contributed by atoms with Gasteiger partial charge in [-0.25, -0.2) is 15.1 Å². The average molecular weight is 361 g/mol. The van der Waals surface area contributed by atoms with Gasteiger partial charge >= 0.3 is 0 Å². The zero-order valence-corrected chi connectivity index (χ0v) is 14.1. The summed E-state index contributed by atoms with van der Waals surface area (Å²) in [5.74, 6) is -0.657. The van der Waals surface area contributed by atoms with Gasteiger partial charge in [0.2, 0.25) is 0 Å². The maximum Gasteiger partial charge on any atom is 0.274 e. The standard InChI is InChI=1S/C19H15N5O3/c25-18(22-27)15-4-3-14-7-8-23(19(26)17(14)9-15)10-13-1-5-16(6-2-13)24-12-20-11-21-24/h1-9,11-12,27H,10H2,(H,22,25). The lowest BCUT2D eigenvalue weighted by Crippen LogP contribution is -2.22. The van der Waals surface area contributed by atoms with E-state index >= 15 is 0 Å². The number of rotatable bonds is 4. The molecule has 8 nitrogen and oxygen atoms in total. The van der Waals surface area contributed by atoms with Crippen LogP contribution in [-0.4, -0.2) is 30.4 Å². The van der Waals surface area contributed by atoms with Crippen molar-refractivity contribution in [2.75, 3.05) is 0 Å². The topological polar surface area (TPSA) is 102 Å². The van der Waals surface area contributed by atoms with E-state index in [1.54, 1.807) is 39.4 Å². The predicted molar refractivity (Wildman–Crippen MR) is 97.9 cm³/mol. The highest BCUT2D eigenvalue weighted by molar-refractivity contribution is 5.97. The van der Waals surface area contributed by atoms with Gasteiger partial charge in [-0.15, -0.1) is 0 Å². The van der Waals surface area contributed by atoms with Crippen molar-refractivity contribution in [2.45, 2.75) is 6.54 Å². The molecule has 0 atom stereocenters. The molecule has 0 unspecified atom stereocenters. The lowest BCUT2D eigenvalue weighted by Gasteiger charge is -2.09. The third kappa shape index (κ3) is 3.21. The van der Waals surface area contributed by atoms with Crippen LogP contribution in [0.5, 0.6) is 0 Å². The number of nitrogens with zero attached hydrogens (tertiary/aromatic N) is 4. The summed E-state index contributed by atoms with van der Waals surface area (Å²) >= 11 is 0. The van der Waals surface area contributed by atoms with Crippen molar-refractivity contribution >= 4 is 16.7 Å². The lowest BCUT2D eigenvalue weighted by molar-refractivity contribution is 0.0706. The number of carbonyl (C=O) groups excluding carboxylic acids is 1. The number of benzene rings is 2. The Hall–Kier alpha value is -3.78. The highest BCUT2D eigenvalue weighted by atomic mass is 16.5. The van der Waals surface area contributed by atoms with Crippen LogP contribution in [0.1, 0.15) is 15.9 Å². The quantitative estimate of drug-likeness (QED) is 0.426. The molecule has 27 heavy (non-hydrogen) atoms. The Morgan fingerprint density at radius 1 is 1.11 bits per heavy atom. The van der Waals surface area contributed by atoms with Gasteiger partial charge in [-0.05, 0) is 41.3 Å². The van der Waals surface area contributed by atoms with Crippen molar-refractivity contribution in [3.8, 4) is 5.69 Å². The molecule has 0 aliphatic carbocycles. The van der Waals surface area contributed by atoms with Gasteiger partial charge in [-0.1, -0.05) is 18.2 Å². The number of fused-ring (bicyclic) bond motifs is 1. The fourth-order valence-corrected chi connectivity index (χ4v) is 2.90. The zero-order valence-electron chi connectivity index (χ0n) is 14.1. The summed E-state index contributed by atoms with van der Waals surface area (Å²) in [4.78, 5) is 28.3. The highest BCUT2D eigenvalue weighted by Gasteiger charge is 2.09. The molecule has 2 aromatic carbocycles. The zero-order chi connectivity index (χ0) is 18.8. The first kappa shape index (κ1) is 16.7. The van der Waals surface area contributed by atoms with Crippen molar-refractivity contribution in [3.63, 3.8) is 0 Å². The molecule has 134 valence electrons. The number of aromatic nitrogens is 4. The number of hydrogen-bond donors (Lipinski definition) is 2. The summed E-state index contributed by atoms with van der Waals surface area (Å²) in [6, 6.07) is 14.2. The molecule has 0 fully saturated rings. The first-order chi connectivity index (χ1) is 13.2. The van der Waals surface area contributed by atoms with E-state index in [0.717, 1.165) is 16.6 Å². The smallest absolute Gasteiger partial charge is 0.274 e. The van der Waals surface area contributed by atoms with Crippen molar-refractivity contribution < 1.29 is 10.0 Å². The van der Waals surface area contributed by atoms with Crippen LogP contribution in [0.4, 0.5) is 0 Å². The molecule has 4 rings (SSSR count). The molecule has 1 amide bonds. The van der Waals surface area contributed by atoms with Crippen molar-refractivity contribution in [3.05, 3.63) is 88.9 Å². The minimum absolute atomic E-state index is 0.208. The van der Waals surface area contributed by atoms with Crippen LogP contribution < -0.4 is 11.0 Å². The molecule has 2 N–H and O–H groups in total. The Kier molecular flexibility index (Phi) is 4.23. The molecule has 0 aliphatic rings. The van der Waals surface area contributed by atoms with Crippen LogP contribution in [0.25, 0.3) is 16.5 Å². The van der Waals surface area contributed by atoms with Gasteiger partial charge < -0.3 is 4.57 Å². The van der Waals surface area contributed by atoms with E-state index in [0.29, 0.717) is 11.9 Å². The van der Waals surface area contributed by atoms with Crippen LogP contribution in [0, 0.1) is 0 Å². The third-order valence-electron chi connectivity index (χ3n) is 4.31. The first-order valence-corrected chi connectivity index (χ1v) is 8.17. The predicted octanol–water partition coefficient (Wildman–Crippen LogP) is 1.75. The van der Waals surface area contributed by atoms with Crippen LogP contribution in [-0.2, 0) is 6.54 Å². The van der Waals surface area contributed by atoms with E-state index in [1.807, 2.05) is 30.3 Å². The second kappa shape index (κ2) is 6.85. The van der Waals surface area contributed by atoms with Crippen LogP contribution >= 0.6 is 0 Å². The molecule has 0 spiro atoms. The van der Waals surface area contributed by atoms with Gasteiger partial charge in [0, 0.05) is 17.1 Å². The number of pyridine rings is 1. The third-order valence-corrected chi connectivity index (χ3v) is 4.31. The van der Waals surface area contributed by atoms with Crippen LogP contribution in [0.3, 0.4) is 0 Å². The Labute approximate surface area is 153 Å². The fourth-order valence-electron chi connectivity index (χ4n) is 2.90. The van der Waals surface area contributed by atoms with Crippen molar-refractivity contribution in [2.24, 2.45) is 0 Å². The number of hydroxylamine groups is 1. The van der Waals surface area contributed by atoms with Crippen molar-refractivity contribution in [1.29, 1.82) is 0 Å². The first-order valence-electron chi connectivity index (χ1n) is 8.17. The Morgan fingerprint density at radius 2 is 1.93 bits per heavy atom. The molecule has 0 aliphatic heterocycles. The van der Waals surface area contributed by atoms with E-state index in [-0.39, 0.29) is 11.1 Å². The maximum absolute atomic E-state index is 12.8. The normalized spacial score (nSPS) is 10.9. The summed E-state index contributed by atoms with van der Waals surface area (Å²) in [5, 5.41) is 14.0. The molecular formula is C19H15N5O3. The average Bonchev–Trinajstić information content (AvgIpc) is 3.25. The van der Waals surface area contributed by atoms with Crippen LogP contribution in [0.2, 0.25) is 0 Å². The Balaban J connectivity index is 1.66. The van der Waals surface area contributed by atoms with Gasteiger partial charge in [0.25, 0.3) is 11.5 Å². The summed E-state index contributed by atoms with van der Waals surface area (Å²) in [6.45, 7) is 0.392. The van der Waals surface area contributed by atoms with E-state index < -0.39 is 5.91 Å². The number of amides is 1. The van der Waals surface area contributed by atoms with E-state index in [1.165, 1.54) is 12.4 Å². The molecule has 0 radical (unpaired) electrons. The number of nitrogens with one attached hydrogen (secondary N) is 1. The molecule has 4 aromatic rings. The molecule has 0 bridgehead atoms. The molecule has 0 saturated heterocycles. The monoisotopic (exact) mass is 361 g/mol. The summed E-state index contributed by atoms with van der Waals surface area (Å²) in [7, 11) is 0. The SMILES string of the molecule is O=C(NO)c1ccc2ccn(Cc3ccc(-n4cncn4)cc3)c(=O)c2c1. The van der Waals surface area contributed by atoms with Gasteiger partial charge in [-0.3, -0.25) is 14.8 Å². The molecule has 2 aromatic heterocycles. The molecule has 8 heteroatoms. The molecule has 2 heterocycles. The van der Waals surface area contributed by atoms with Gasteiger partial charge in [0.05, 0.1) is 12.2 Å². The summed E-state index contributed by atoms with van der Waals surface area (Å²) < 4.78 is 3.23. The molecule has 0 saturated carbocycles. The summed E-state index contributed by atoms with van der Waals surface area (Å²) in [5.41, 5.74) is 3.41. The fraction of sp³-hybridized carbons (Fsp3) is 0.0526. The van der Waals surface area contributed by atoms with Gasteiger partial charge in [-0.2, -0.15) is 5.10 Å². The second-order valence-electron chi connectivity index (χ2n) is 6.00. The Bertz CT molecular complexity index is 1160. The highest BCUT2D eigenvalue weighted by Crippen LogP contribution is 2.14. The summed E-state index contributed by atoms with van der Waals surface area (Å²) in [6.07, 6.45) is 4.80. The van der Waals surface area contributed by atoms with E-state index in [4.69, 9.17) is 5.21 Å². The van der Waals surface area contributed by atoms with Gasteiger partial charge in [0.1, 0.15) is 12.7 Å². The maximum atomic E-state index is 12.8. The largest absolute Gasteiger partial charge is 0.311 e. The van der Waals surface area contributed by atoms with Crippen LogP contribution in [0.15, 0.2) is 72.2 Å².